The van der Waals surface area contributed by atoms with Gasteiger partial charge in [0.1, 0.15) is 0 Å². The highest BCUT2D eigenvalue weighted by Gasteiger charge is 2.18. The quantitative estimate of drug-likeness (QED) is 0.693. The van der Waals surface area contributed by atoms with Crippen LogP contribution in [-0.2, 0) is 12.8 Å². The predicted octanol–water partition coefficient (Wildman–Crippen LogP) is 4.56. The molecule has 0 spiro atoms. The molecule has 0 fully saturated rings. The van der Waals surface area contributed by atoms with Gasteiger partial charge in [0.15, 0.2) is 0 Å². The van der Waals surface area contributed by atoms with Gasteiger partial charge in [0.05, 0.1) is 23.1 Å². The van der Waals surface area contributed by atoms with Crippen molar-refractivity contribution in [1.29, 1.82) is 5.26 Å². The topological polar surface area (TPSA) is 41.6 Å². The number of para-hydroxylation sites is 1. The van der Waals surface area contributed by atoms with E-state index in [-0.39, 0.29) is 0 Å². The summed E-state index contributed by atoms with van der Waals surface area (Å²) in [4.78, 5) is 0. The number of rotatable bonds is 5. The summed E-state index contributed by atoms with van der Waals surface area (Å²) in [5.41, 5.74) is 5.59. The molecule has 0 aliphatic heterocycles. The van der Waals surface area contributed by atoms with Crippen molar-refractivity contribution in [3.8, 4) is 23.0 Å². The van der Waals surface area contributed by atoms with Gasteiger partial charge in [0, 0.05) is 24.0 Å². The van der Waals surface area contributed by atoms with E-state index in [1.807, 2.05) is 41.1 Å². The minimum atomic E-state index is 0.493. The zero-order valence-corrected chi connectivity index (χ0v) is 13.2. The van der Waals surface area contributed by atoms with Gasteiger partial charge < -0.3 is 0 Å². The first-order valence-corrected chi connectivity index (χ1v) is 7.93. The van der Waals surface area contributed by atoms with Gasteiger partial charge in [-0.05, 0) is 18.6 Å². The first-order valence-electron chi connectivity index (χ1n) is 7.93. The SMILES string of the molecule is CCc1c(CCC#N)nn(-c2ccccc2)c1-c1ccccc1. The first kappa shape index (κ1) is 15.1. The zero-order valence-electron chi connectivity index (χ0n) is 13.2. The van der Waals surface area contributed by atoms with Crippen LogP contribution in [-0.4, -0.2) is 9.78 Å². The molecule has 0 radical (unpaired) electrons. The molecule has 3 rings (SSSR count). The summed E-state index contributed by atoms with van der Waals surface area (Å²) in [6.07, 6.45) is 2.09. The number of aryl methyl sites for hydroxylation is 1. The summed E-state index contributed by atoms with van der Waals surface area (Å²) in [5, 5.41) is 13.7. The maximum Gasteiger partial charge on any atom is 0.0775 e. The number of aromatic nitrogens is 2. The molecule has 114 valence electrons. The van der Waals surface area contributed by atoms with Crippen molar-refractivity contribution >= 4 is 0 Å². The van der Waals surface area contributed by atoms with Gasteiger partial charge in [-0.25, -0.2) is 4.68 Å². The van der Waals surface area contributed by atoms with E-state index in [0.717, 1.165) is 29.1 Å². The van der Waals surface area contributed by atoms with Gasteiger partial charge >= 0.3 is 0 Å². The molecule has 3 heteroatoms. The van der Waals surface area contributed by atoms with Crippen LogP contribution in [0.4, 0.5) is 0 Å². The highest BCUT2D eigenvalue weighted by atomic mass is 15.3. The minimum Gasteiger partial charge on any atom is -0.233 e. The molecular formula is C20H19N3. The fourth-order valence-corrected chi connectivity index (χ4v) is 2.89. The van der Waals surface area contributed by atoms with Gasteiger partial charge in [-0.1, -0.05) is 55.5 Å². The Kier molecular flexibility index (Phi) is 4.54. The molecule has 3 nitrogen and oxygen atoms in total. The monoisotopic (exact) mass is 301 g/mol. The second-order valence-corrected chi connectivity index (χ2v) is 5.40. The van der Waals surface area contributed by atoms with E-state index in [0.29, 0.717) is 12.8 Å². The van der Waals surface area contributed by atoms with E-state index >= 15 is 0 Å². The molecule has 0 aliphatic carbocycles. The van der Waals surface area contributed by atoms with Crippen molar-refractivity contribution in [2.45, 2.75) is 26.2 Å². The largest absolute Gasteiger partial charge is 0.233 e. The smallest absolute Gasteiger partial charge is 0.0775 e. The van der Waals surface area contributed by atoms with E-state index in [1.54, 1.807) is 0 Å². The third-order valence-electron chi connectivity index (χ3n) is 3.94. The van der Waals surface area contributed by atoms with Crippen LogP contribution in [0.15, 0.2) is 60.7 Å². The van der Waals surface area contributed by atoms with Gasteiger partial charge in [-0.15, -0.1) is 0 Å². The number of nitrogens with zero attached hydrogens (tertiary/aromatic N) is 3. The second kappa shape index (κ2) is 6.93. The van der Waals surface area contributed by atoms with Gasteiger partial charge in [-0.3, -0.25) is 0 Å². The number of hydrogen-bond acceptors (Lipinski definition) is 2. The van der Waals surface area contributed by atoms with Crippen molar-refractivity contribution < 1.29 is 0 Å². The summed E-state index contributed by atoms with van der Waals surface area (Å²) in [7, 11) is 0. The molecule has 0 bridgehead atoms. The maximum atomic E-state index is 8.92. The van der Waals surface area contributed by atoms with Crippen LogP contribution in [0.2, 0.25) is 0 Å². The molecule has 0 aliphatic rings. The van der Waals surface area contributed by atoms with Crippen molar-refractivity contribution in [2.24, 2.45) is 0 Å². The van der Waals surface area contributed by atoms with E-state index in [4.69, 9.17) is 10.4 Å². The summed E-state index contributed by atoms with van der Waals surface area (Å²) >= 11 is 0. The fraction of sp³-hybridized carbons (Fsp3) is 0.200. The Morgan fingerprint density at radius 1 is 1.00 bits per heavy atom. The standard InChI is InChI=1S/C20H19N3/c1-2-18-19(14-9-15-21)22-23(17-12-7-4-8-13-17)20(18)16-10-5-3-6-11-16/h3-8,10-13H,2,9,14H2,1H3. The van der Waals surface area contributed by atoms with E-state index < -0.39 is 0 Å². The lowest BCUT2D eigenvalue weighted by Gasteiger charge is -2.09. The predicted molar refractivity (Wildman–Crippen MR) is 92.3 cm³/mol. The number of nitriles is 1. The highest BCUT2D eigenvalue weighted by Crippen LogP contribution is 2.30. The average Bonchev–Trinajstić information content (AvgIpc) is 3.00. The third kappa shape index (κ3) is 3.02. The summed E-state index contributed by atoms with van der Waals surface area (Å²) in [5.74, 6) is 0. The Hall–Kier alpha value is -2.86. The zero-order chi connectivity index (χ0) is 16.1. The lowest BCUT2D eigenvalue weighted by atomic mass is 10.0. The lowest BCUT2D eigenvalue weighted by molar-refractivity contribution is 0.829. The van der Waals surface area contributed by atoms with E-state index in [1.165, 1.54) is 5.56 Å². The van der Waals surface area contributed by atoms with Gasteiger partial charge in [0.2, 0.25) is 0 Å². The first-order chi connectivity index (χ1) is 11.3. The molecule has 0 unspecified atom stereocenters. The minimum absolute atomic E-state index is 0.493. The van der Waals surface area contributed by atoms with Gasteiger partial charge in [0.25, 0.3) is 0 Å². The maximum absolute atomic E-state index is 8.92. The van der Waals surface area contributed by atoms with Crippen LogP contribution < -0.4 is 0 Å². The molecular weight excluding hydrogens is 282 g/mol. The molecule has 0 N–H and O–H groups in total. The number of hydrogen-bond donors (Lipinski definition) is 0. The van der Waals surface area contributed by atoms with Crippen molar-refractivity contribution in [2.75, 3.05) is 0 Å². The van der Waals surface area contributed by atoms with Crippen LogP contribution in [0.5, 0.6) is 0 Å². The molecule has 1 aromatic heterocycles. The van der Waals surface area contributed by atoms with Crippen molar-refractivity contribution in [3.63, 3.8) is 0 Å². The van der Waals surface area contributed by atoms with E-state index in [2.05, 4.69) is 37.3 Å². The summed E-state index contributed by atoms with van der Waals surface area (Å²) < 4.78 is 2.01. The molecule has 0 atom stereocenters. The van der Waals surface area contributed by atoms with E-state index in [9.17, 15) is 0 Å². The Morgan fingerprint density at radius 3 is 2.26 bits per heavy atom. The molecule has 0 saturated carbocycles. The third-order valence-corrected chi connectivity index (χ3v) is 3.94. The highest BCUT2D eigenvalue weighted by molar-refractivity contribution is 5.67. The van der Waals surface area contributed by atoms with Crippen LogP contribution in [0.1, 0.15) is 24.6 Å². The van der Waals surface area contributed by atoms with Crippen LogP contribution in [0, 0.1) is 11.3 Å². The molecule has 3 aromatic rings. The second-order valence-electron chi connectivity index (χ2n) is 5.40. The van der Waals surface area contributed by atoms with Crippen LogP contribution in [0.3, 0.4) is 0 Å². The molecule has 23 heavy (non-hydrogen) atoms. The molecule has 0 saturated heterocycles. The number of benzene rings is 2. The average molecular weight is 301 g/mol. The van der Waals surface area contributed by atoms with Crippen LogP contribution >= 0.6 is 0 Å². The lowest BCUT2D eigenvalue weighted by Crippen LogP contribution is -1.99. The summed E-state index contributed by atoms with van der Waals surface area (Å²) in [6.45, 7) is 2.15. The van der Waals surface area contributed by atoms with Gasteiger partial charge in [-0.2, -0.15) is 10.4 Å². The Bertz CT molecular complexity index is 811. The Labute approximate surface area is 136 Å². The molecule has 0 amide bonds. The van der Waals surface area contributed by atoms with Crippen molar-refractivity contribution in [1.82, 2.24) is 9.78 Å². The normalized spacial score (nSPS) is 10.4. The Balaban J connectivity index is 2.21. The molecule has 2 aromatic carbocycles. The summed E-state index contributed by atoms with van der Waals surface area (Å²) in [6, 6.07) is 22.7. The van der Waals surface area contributed by atoms with Crippen molar-refractivity contribution in [3.05, 3.63) is 71.9 Å². The Morgan fingerprint density at radius 2 is 1.65 bits per heavy atom. The molecule has 1 heterocycles. The van der Waals surface area contributed by atoms with Crippen LogP contribution in [0.25, 0.3) is 16.9 Å². The fourth-order valence-electron chi connectivity index (χ4n) is 2.89.